The van der Waals surface area contributed by atoms with Crippen LogP contribution in [0.3, 0.4) is 0 Å². The topological polar surface area (TPSA) is 97.2 Å². The maximum atomic E-state index is 12.9. The number of allylic oxidation sites excluding steroid dienone is 1. The summed E-state index contributed by atoms with van der Waals surface area (Å²) >= 11 is 7.40. The van der Waals surface area contributed by atoms with Crippen molar-refractivity contribution in [1.82, 2.24) is 19.1 Å². The molecule has 0 spiro atoms. The molecule has 1 fully saturated rings. The van der Waals surface area contributed by atoms with Crippen molar-refractivity contribution in [2.45, 2.75) is 35.9 Å². The Morgan fingerprint density at radius 1 is 1.31 bits per heavy atom. The number of halogens is 1. The van der Waals surface area contributed by atoms with Gasteiger partial charge in [-0.15, -0.1) is 16.8 Å². The fourth-order valence-electron chi connectivity index (χ4n) is 2.97. The minimum atomic E-state index is -3.70. The first-order valence-corrected chi connectivity index (χ1v) is 11.9. The molecule has 1 aromatic carbocycles. The number of rotatable bonds is 8. The fourth-order valence-corrected chi connectivity index (χ4v) is 5.71. The highest BCUT2D eigenvalue weighted by Gasteiger charge is 2.28. The molecule has 3 rings (SSSR count). The Kier molecular flexibility index (Phi) is 7.33. The van der Waals surface area contributed by atoms with Crippen LogP contribution in [0.4, 0.5) is 5.69 Å². The van der Waals surface area contributed by atoms with Gasteiger partial charge in [-0.25, -0.2) is 8.42 Å². The number of sulfonamides is 1. The Balaban J connectivity index is 1.68. The molecule has 0 aliphatic carbocycles. The third-order valence-corrected chi connectivity index (χ3v) is 7.75. The molecule has 0 saturated carbocycles. The summed E-state index contributed by atoms with van der Waals surface area (Å²) in [4.78, 5) is 12.3. The normalized spacial score (nSPS) is 15.2. The Hall–Kier alpha value is -1.88. The molecule has 29 heavy (non-hydrogen) atoms. The molecule has 0 atom stereocenters. The zero-order valence-electron chi connectivity index (χ0n) is 15.8. The molecule has 2 aromatic rings. The van der Waals surface area contributed by atoms with Gasteiger partial charge >= 0.3 is 0 Å². The van der Waals surface area contributed by atoms with E-state index in [1.807, 2.05) is 0 Å². The number of nitrogens with one attached hydrogen (secondary N) is 1. The van der Waals surface area contributed by atoms with Gasteiger partial charge in [0.15, 0.2) is 5.16 Å². The van der Waals surface area contributed by atoms with Crippen LogP contribution in [0, 0.1) is 0 Å². The van der Waals surface area contributed by atoms with Gasteiger partial charge in [0.25, 0.3) is 0 Å². The molecular formula is C18H22ClN5O3S2. The van der Waals surface area contributed by atoms with Crippen molar-refractivity contribution >= 4 is 45.0 Å². The van der Waals surface area contributed by atoms with E-state index < -0.39 is 10.0 Å². The number of carbonyl (C=O) groups excluding carboxylic acids is 1. The van der Waals surface area contributed by atoms with Crippen LogP contribution in [-0.4, -0.2) is 52.2 Å². The van der Waals surface area contributed by atoms with Gasteiger partial charge in [-0.1, -0.05) is 35.9 Å². The van der Waals surface area contributed by atoms with Gasteiger partial charge in [0.05, 0.1) is 10.8 Å². The number of aromatic nitrogens is 3. The highest BCUT2D eigenvalue weighted by molar-refractivity contribution is 7.99. The standard InChI is InChI=1S/C18H22ClN5O3S2/c1-2-8-23-13-20-22-18(23)28-12-17(25)21-14-6-7-15(19)16(11-14)29(26,27)24-9-4-3-5-10-24/h2,6-7,11,13H,1,3-5,8-10,12H2,(H,21,25). The number of amides is 1. The molecule has 8 nitrogen and oxygen atoms in total. The van der Waals surface area contributed by atoms with Crippen LogP contribution in [0.5, 0.6) is 0 Å². The Morgan fingerprint density at radius 2 is 2.07 bits per heavy atom. The van der Waals surface area contributed by atoms with Gasteiger partial charge in [0.1, 0.15) is 11.2 Å². The second-order valence-corrected chi connectivity index (χ2v) is 9.76. The third kappa shape index (κ3) is 5.39. The quantitative estimate of drug-likeness (QED) is 0.485. The zero-order valence-corrected chi connectivity index (χ0v) is 18.1. The number of hydrogen-bond donors (Lipinski definition) is 1. The van der Waals surface area contributed by atoms with Crippen molar-refractivity contribution in [3.63, 3.8) is 0 Å². The minimum absolute atomic E-state index is 0.0113. The van der Waals surface area contributed by atoms with E-state index in [0.717, 1.165) is 19.3 Å². The molecule has 0 radical (unpaired) electrons. The van der Waals surface area contributed by atoms with Gasteiger partial charge in [-0.2, -0.15) is 4.31 Å². The van der Waals surface area contributed by atoms with Gasteiger partial charge in [-0.3, -0.25) is 4.79 Å². The fraction of sp³-hybridized carbons (Fsp3) is 0.389. The number of anilines is 1. The summed E-state index contributed by atoms with van der Waals surface area (Å²) in [6.07, 6.45) is 5.97. The number of hydrogen-bond acceptors (Lipinski definition) is 6. The molecule has 1 aliphatic rings. The van der Waals surface area contributed by atoms with E-state index in [0.29, 0.717) is 30.5 Å². The smallest absolute Gasteiger partial charge is 0.244 e. The molecule has 1 saturated heterocycles. The van der Waals surface area contributed by atoms with E-state index in [1.54, 1.807) is 23.0 Å². The lowest BCUT2D eigenvalue weighted by molar-refractivity contribution is -0.113. The van der Waals surface area contributed by atoms with E-state index in [9.17, 15) is 13.2 Å². The number of nitrogens with zero attached hydrogens (tertiary/aromatic N) is 4. The van der Waals surface area contributed by atoms with Gasteiger partial charge < -0.3 is 9.88 Å². The lowest BCUT2D eigenvalue weighted by atomic mass is 10.2. The lowest BCUT2D eigenvalue weighted by Crippen LogP contribution is -2.35. The highest BCUT2D eigenvalue weighted by Crippen LogP contribution is 2.29. The van der Waals surface area contributed by atoms with Crippen molar-refractivity contribution < 1.29 is 13.2 Å². The van der Waals surface area contributed by atoms with E-state index in [1.165, 1.54) is 28.2 Å². The van der Waals surface area contributed by atoms with Crippen molar-refractivity contribution in [2.75, 3.05) is 24.2 Å². The summed E-state index contributed by atoms with van der Waals surface area (Å²) in [5.74, 6) is -0.182. The van der Waals surface area contributed by atoms with Crippen LogP contribution in [0.25, 0.3) is 0 Å². The first-order valence-electron chi connectivity index (χ1n) is 9.13. The van der Waals surface area contributed by atoms with E-state index in [4.69, 9.17) is 11.6 Å². The summed E-state index contributed by atoms with van der Waals surface area (Å²) in [6.45, 7) is 5.18. The van der Waals surface area contributed by atoms with Crippen LogP contribution >= 0.6 is 23.4 Å². The Morgan fingerprint density at radius 3 is 2.79 bits per heavy atom. The van der Waals surface area contributed by atoms with Crippen LogP contribution in [0.1, 0.15) is 19.3 Å². The molecule has 1 aliphatic heterocycles. The second kappa shape index (κ2) is 9.75. The van der Waals surface area contributed by atoms with Crippen LogP contribution in [0.2, 0.25) is 5.02 Å². The highest BCUT2D eigenvalue weighted by atomic mass is 35.5. The largest absolute Gasteiger partial charge is 0.325 e. The Labute approximate surface area is 179 Å². The number of piperidine rings is 1. The van der Waals surface area contributed by atoms with Crippen molar-refractivity contribution in [1.29, 1.82) is 0 Å². The summed E-state index contributed by atoms with van der Waals surface area (Å²) < 4.78 is 29.1. The second-order valence-electron chi connectivity index (χ2n) is 6.50. The summed E-state index contributed by atoms with van der Waals surface area (Å²) in [5.41, 5.74) is 0.378. The SMILES string of the molecule is C=CCn1cnnc1SCC(=O)Nc1ccc(Cl)c(S(=O)(=O)N2CCCCC2)c1. The maximum Gasteiger partial charge on any atom is 0.244 e. The van der Waals surface area contributed by atoms with E-state index in [-0.39, 0.29) is 21.6 Å². The van der Waals surface area contributed by atoms with Gasteiger partial charge in [-0.05, 0) is 31.0 Å². The summed E-state index contributed by atoms with van der Waals surface area (Å²) in [6, 6.07) is 4.48. The van der Waals surface area contributed by atoms with Crippen LogP contribution in [-0.2, 0) is 21.4 Å². The van der Waals surface area contributed by atoms with Gasteiger partial charge in [0, 0.05) is 25.3 Å². The van der Waals surface area contributed by atoms with Crippen LogP contribution in [0.15, 0.2) is 47.2 Å². The lowest BCUT2D eigenvalue weighted by Gasteiger charge is -2.26. The zero-order chi connectivity index (χ0) is 20.9. The molecule has 1 amide bonds. The predicted octanol–water partition coefficient (Wildman–Crippen LogP) is 3.02. The van der Waals surface area contributed by atoms with Crippen molar-refractivity contribution in [2.24, 2.45) is 0 Å². The number of thioether (sulfide) groups is 1. The number of benzene rings is 1. The summed E-state index contributed by atoms with van der Waals surface area (Å²) in [5, 5.41) is 11.3. The summed E-state index contributed by atoms with van der Waals surface area (Å²) in [7, 11) is -3.70. The molecular weight excluding hydrogens is 434 g/mol. The van der Waals surface area contributed by atoms with Gasteiger partial charge in [0.2, 0.25) is 15.9 Å². The number of carbonyl (C=O) groups is 1. The molecule has 0 bridgehead atoms. The molecule has 156 valence electrons. The average molecular weight is 456 g/mol. The average Bonchev–Trinajstić information content (AvgIpc) is 3.16. The molecule has 1 N–H and O–H groups in total. The first kappa shape index (κ1) is 21.8. The first-order chi connectivity index (χ1) is 13.9. The Bertz CT molecular complexity index is 987. The molecule has 1 aromatic heterocycles. The predicted molar refractivity (Wildman–Crippen MR) is 114 cm³/mol. The maximum absolute atomic E-state index is 12.9. The van der Waals surface area contributed by atoms with E-state index in [2.05, 4.69) is 22.1 Å². The van der Waals surface area contributed by atoms with Crippen molar-refractivity contribution in [3.8, 4) is 0 Å². The van der Waals surface area contributed by atoms with E-state index >= 15 is 0 Å². The monoisotopic (exact) mass is 455 g/mol. The molecule has 2 heterocycles. The molecule has 11 heteroatoms. The molecule has 0 unspecified atom stereocenters. The minimum Gasteiger partial charge on any atom is -0.325 e. The third-order valence-electron chi connectivity index (χ3n) is 4.39. The van der Waals surface area contributed by atoms with Crippen LogP contribution < -0.4 is 5.32 Å². The van der Waals surface area contributed by atoms with Crippen molar-refractivity contribution in [3.05, 3.63) is 42.2 Å².